The number of rotatable bonds is 5. The van der Waals surface area contributed by atoms with E-state index in [1.54, 1.807) is 12.1 Å². The number of aliphatic hydroxyl groups is 1. The van der Waals surface area contributed by atoms with Gasteiger partial charge in [0.2, 0.25) is 0 Å². The van der Waals surface area contributed by atoms with Crippen molar-refractivity contribution in [1.82, 2.24) is 5.32 Å². The van der Waals surface area contributed by atoms with E-state index in [9.17, 15) is 9.90 Å². The van der Waals surface area contributed by atoms with Crippen LogP contribution >= 0.6 is 11.6 Å². The molecule has 1 fully saturated rings. The lowest BCUT2D eigenvalue weighted by atomic mass is 10.1. The van der Waals surface area contributed by atoms with Gasteiger partial charge in [-0.3, -0.25) is 4.79 Å². The molecule has 1 aliphatic rings. The van der Waals surface area contributed by atoms with Crippen LogP contribution in [0.4, 0.5) is 0 Å². The molecule has 1 saturated carbocycles. The zero-order chi connectivity index (χ0) is 14.5. The van der Waals surface area contributed by atoms with Crippen LogP contribution in [0.2, 0.25) is 5.02 Å². The molecule has 110 valence electrons. The molecule has 0 radical (unpaired) electrons. The van der Waals surface area contributed by atoms with Gasteiger partial charge in [-0.2, -0.15) is 0 Å². The molecule has 0 bridgehead atoms. The van der Waals surface area contributed by atoms with Gasteiger partial charge in [-0.15, -0.1) is 0 Å². The fourth-order valence-electron chi connectivity index (χ4n) is 2.55. The number of amides is 1. The average molecular weight is 298 g/mol. The molecule has 0 saturated heterocycles. The lowest BCUT2D eigenvalue weighted by molar-refractivity contribution is -0.124. The lowest BCUT2D eigenvalue weighted by Gasteiger charge is -2.19. The third kappa shape index (κ3) is 3.87. The Morgan fingerprint density at radius 1 is 1.50 bits per heavy atom. The molecule has 1 aromatic rings. The minimum Gasteiger partial charge on any atom is -0.484 e. The van der Waals surface area contributed by atoms with E-state index in [1.165, 1.54) is 0 Å². The van der Waals surface area contributed by atoms with Crippen molar-refractivity contribution in [1.29, 1.82) is 0 Å². The Morgan fingerprint density at radius 2 is 2.30 bits per heavy atom. The van der Waals surface area contributed by atoms with Crippen LogP contribution in [0.15, 0.2) is 18.2 Å². The van der Waals surface area contributed by atoms with Gasteiger partial charge in [0.25, 0.3) is 5.91 Å². The van der Waals surface area contributed by atoms with E-state index in [-0.39, 0.29) is 31.1 Å². The fourth-order valence-corrected chi connectivity index (χ4v) is 2.67. The van der Waals surface area contributed by atoms with Crippen molar-refractivity contribution in [2.24, 2.45) is 5.92 Å². The van der Waals surface area contributed by atoms with Gasteiger partial charge in [0.15, 0.2) is 6.61 Å². The molecule has 0 unspecified atom stereocenters. The van der Waals surface area contributed by atoms with Crippen molar-refractivity contribution >= 4 is 17.5 Å². The molecular formula is C15H20ClNO3. The second-order valence-corrected chi connectivity index (χ2v) is 5.65. The number of nitrogens with one attached hydrogen (secondary N) is 1. The molecule has 0 aliphatic heterocycles. The van der Waals surface area contributed by atoms with Gasteiger partial charge in [-0.25, -0.2) is 0 Å². The Morgan fingerprint density at radius 3 is 3.00 bits per heavy atom. The monoisotopic (exact) mass is 297 g/mol. The molecule has 1 amide bonds. The third-order valence-electron chi connectivity index (χ3n) is 3.74. The van der Waals surface area contributed by atoms with Crippen molar-refractivity contribution in [2.75, 3.05) is 13.2 Å². The van der Waals surface area contributed by atoms with E-state index in [4.69, 9.17) is 16.3 Å². The molecule has 20 heavy (non-hydrogen) atoms. The maximum absolute atomic E-state index is 11.8. The zero-order valence-corrected chi connectivity index (χ0v) is 12.3. The van der Waals surface area contributed by atoms with Crippen LogP contribution in [0, 0.1) is 12.8 Å². The minimum atomic E-state index is -0.150. The molecule has 0 spiro atoms. The SMILES string of the molecule is Cc1cc(OCC(=O)N[C@H]2CCC[C@H]2CO)ccc1Cl. The van der Waals surface area contributed by atoms with Crippen LogP contribution in [-0.4, -0.2) is 30.3 Å². The predicted octanol–water partition coefficient (Wildman–Crippen LogP) is 2.30. The van der Waals surface area contributed by atoms with Crippen LogP contribution in [0.5, 0.6) is 5.75 Å². The van der Waals surface area contributed by atoms with Gasteiger partial charge in [-0.05, 0) is 43.5 Å². The molecular weight excluding hydrogens is 278 g/mol. The number of ether oxygens (including phenoxy) is 1. The van der Waals surface area contributed by atoms with Crippen LogP contribution in [0.25, 0.3) is 0 Å². The van der Waals surface area contributed by atoms with Crippen molar-refractivity contribution in [2.45, 2.75) is 32.2 Å². The summed E-state index contributed by atoms with van der Waals surface area (Å²) in [5.74, 6) is 0.659. The highest BCUT2D eigenvalue weighted by atomic mass is 35.5. The van der Waals surface area contributed by atoms with Crippen LogP contribution in [-0.2, 0) is 4.79 Å². The normalized spacial score (nSPS) is 21.8. The Hall–Kier alpha value is -1.26. The molecule has 5 heteroatoms. The summed E-state index contributed by atoms with van der Waals surface area (Å²) in [5, 5.41) is 12.8. The number of benzene rings is 1. The second-order valence-electron chi connectivity index (χ2n) is 5.25. The van der Waals surface area contributed by atoms with E-state index in [0.29, 0.717) is 10.8 Å². The summed E-state index contributed by atoms with van der Waals surface area (Å²) in [4.78, 5) is 11.8. The van der Waals surface area contributed by atoms with Crippen LogP contribution < -0.4 is 10.1 Å². The maximum Gasteiger partial charge on any atom is 0.258 e. The van der Waals surface area contributed by atoms with Crippen molar-refractivity contribution in [3.05, 3.63) is 28.8 Å². The highest BCUT2D eigenvalue weighted by Crippen LogP contribution is 2.25. The Kier molecular flexibility index (Phi) is 5.26. The Bertz CT molecular complexity index is 478. The molecule has 2 atom stereocenters. The van der Waals surface area contributed by atoms with Gasteiger partial charge in [0, 0.05) is 23.6 Å². The smallest absolute Gasteiger partial charge is 0.258 e. The van der Waals surface area contributed by atoms with Crippen molar-refractivity contribution in [3.8, 4) is 5.75 Å². The molecule has 2 rings (SSSR count). The maximum atomic E-state index is 11.8. The highest BCUT2D eigenvalue weighted by Gasteiger charge is 2.27. The highest BCUT2D eigenvalue weighted by molar-refractivity contribution is 6.31. The Labute approximate surface area is 124 Å². The molecule has 2 N–H and O–H groups in total. The van der Waals surface area contributed by atoms with Crippen molar-refractivity contribution in [3.63, 3.8) is 0 Å². The van der Waals surface area contributed by atoms with Gasteiger partial charge >= 0.3 is 0 Å². The fraction of sp³-hybridized carbons (Fsp3) is 0.533. The summed E-state index contributed by atoms with van der Waals surface area (Å²) in [6, 6.07) is 5.38. The summed E-state index contributed by atoms with van der Waals surface area (Å²) < 4.78 is 5.45. The standard InChI is InChI=1S/C15H20ClNO3/c1-10-7-12(5-6-13(10)16)20-9-15(19)17-14-4-2-3-11(14)8-18/h5-7,11,14,18H,2-4,8-9H2,1H3,(H,17,19)/t11-,14-/m0/s1. The summed E-state index contributed by atoms with van der Waals surface area (Å²) in [6.07, 6.45) is 2.95. The van der Waals surface area contributed by atoms with Crippen LogP contribution in [0.3, 0.4) is 0 Å². The number of aliphatic hydroxyl groups excluding tert-OH is 1. The first kappa shape index (κ1) is 15.1. The number of carbonyl (C=O) groups excluding carboxylic acids is 1. The van der Waals surface area contributed by atoms with E-state index in [1.807, 2.05) is 13.0 Å². The van der Waals surface area contributed by atoms with Gasteiger partial charge in [-0.1, -0.05) is 18.0 Å². The zero-order valence-electron chi connectivity index (χ0n) is 11.6. The first-order chi connectivity index (χ1) is 9.60. The van der Waals surface area contributed by atoms with Gasteiger partial charge < -0.3 is 15.2 Å². The quantitative estimate of drug-likeness (QED) is 0.877. The second kappa shape index (κ2) is 6.95. The molecule has 4 nitrogen and oxygen atoms in total. The topological polar surface area (TPSA) is 58.6 Å². The molecule has 1 aliphatic carbocycles. The molecule has 1 aromatic carbocycles. The number of hydrogen-bond acceptors (Lipinski definition) is 3. The first-order valence-corrected chi connectivity index (χ1v) is 7.27. The lowest BCUT2D eigenvalue weighted by Crippen LogP contribution is -2.40. The van der Waals surface area contributed by atoms with E-state index < -0.39 is 0 Å². The van der Waals surface area contributed by atoms with Crippen LogP contribution in [0.1, 0.15) is 24.8 Å². The summed E-state index contributed by atoms with van der Waals surface area (Å²) in [7, 11) is 0. The molecule has 0 aromatic heterocycles. The van der Waals surface area contributed by atoms with Crippen molar-refractivity contribution < 1.29 is 14.6 Å². The predicted molar refractivity (Wildman–Crippen MR) is 78.0 cm³/mol. The third-order valence-corrected chi connectivity index (χ3v) is 4.16. The number of aryl methyl sites for hydroxylation is 1. The Balaban J connectivity index is 1.81. The average Bonchev–Trinajstić information content (AvgIpc) is 2.87. The minimum absolute atomic E-state index is 0.0181. The summed E-state index contributed by atoms with van der Waals surface area (Å²) in [5.41, 5.74) is 0.917. The van der Waals surface area contributed by atoms with Gasteiger partial charge in [0.1, 0.15) is 5.75 Å². The number of hydrogen-bond donors (Lipinski definition) is 2. The van der Waals surface area contributed by atoms with E-state index >= 15 is 0 Å². The van der Waals surface area contributed by atoms with E-state index in [0.717, 1.165) is 24.8 Å². The van der Waals surface area contributed by atoms with Gasteiger partial charge in [0.05, 0.1) is 0 Å². The van der Waals surface area contributed by atoms with E-state index in [2.05, 4.69) is 5.32 Å². The first-order valence-electron chi connectivity index (χ1n) is 6.89. The number of halogens is 1. The molecule has 0 heterocycles. The largest absolute Gasteiger partial charge is 0.484 e. The summed E-state index contributed by atoms with van der Waals surface area (Å²) >= 11 is 5.93. The number of carbonyl (C=O) groups is 1. The summed E-state index contributed by atoms with van der Waals surface area (Å²) in [6.45, 7) is 2.00.